The van der Waals surface area contributed by atoms with Gasteiger partial charge in [-0.25, -0.2) is 0 Å². The molecule has 3 aromatic rings. The van der Waals surface area contributed by atoms with E-state index >= 15 is 0 Å². The molecule has 0 heterocycles. The molecule has 1 unspecified atom stereocenters. The molecule has 1 aliphatic carbocycles. The normalized spacial score (nSPS) is 13.0. The number of benzene rings is 3. The molecule has 0 aromatic heterocycles. The minimum atomic E-state index is 0.323. The van der Waals surface area contributed by atoms with E-state index in [2.05, 4.69) is 125 Å². The molecule has 3 aromatic carbocycles. The van der Waals surface area contributed by atoms with Gasteiger partial charge >= 0.3 is 0 Å². The maximum absolute atomic E-state index is 4.53. The highest BCUT2D eigenvalue weighted by Gasteiger charge is 2.23. The molecule has 1 N–H and O–H groups in total. The van der Waals surface area contributed by atoms with E-state index in [0.717, 1.165) is 63.5 Å². The summed E-state index contributed by atoms with van der Waals surface area (Å²) in [4.78, 5) is 8.97. The summed E-state index contributed by atoms with van der Waals surface area (Å²) >= 11 is 0. The molecule has 0 amide bonds. The first-order chi connectivity index (χ1) is 22.6. The minimum absolute atomic E-state index is 0.323. The van der Waals surface area contributed by atoms with Crippen molar-refractivity contribution in [2.45, 2.75) is 91.0 Å². The van der Waals surface area contributed by atoms with Gasteiger partial charge in [0.15, 0.2) is 0 Å². The number of rotatable bonds is 19. The van der Waals surface area contributed by atoms with Gasteiger partial charge in [-0.05, 0) is 79.4 Å². The zero-order valence-corrected chi connectivity index (χ0v) is 29.8. The summed E-state index contributed by atoms with van der Waals surface area (Å²) in [7, 11) is 1.81. The summed E-state index contributed by atoms with van der Waals surface area (Å²) in [5.41, 5.74) is 6.75. The lowest BCUT2D eigenvalue weighted by Crippen LogP contribution is -2.43. The van der Waals surface area contributed by atoms with Crippen LogP contribution in [0.4, 0.5) is 0 Å². The first-order valence-electron chi connectivity index (χ1n) is 17.8. The quantitative estimate of drug-likeness (QED) is 0.107. The molecule has 1 fully saturated rings. The van der Waals surface area contributed by atoms with E-state index in [-0.39, 0.29) is 0 Å². The number of nitrogens with one attached hydrogen (secondary N) is 1. The second kappa shape index (κ2) is 22.8. The van der Waals surface area contributed by atoms with Gasteiger partial charge in [0, 0.05) is 44.3 Å². The lowest BCUT2D eigenvalue weighted by Gasteiger charge is -2.32. The van der Waals surface area contributed by atoms with Crippen LogP contribution in [0.2, 0.25) is 0 Å². The SMILES string of the molecule is C=CN(CCCc1ccc(C2CC2)cc1)C(=C)CN(CCC(c1ccccc1)c1ccccc1)CC(CC)NC=NC.CC.CC. The summed E-state index contributed by atoms with van der Waals surface area (Å²) in [6, 6.07) is 31.4. The first kappa shape index (κ1) is 38.6. The summed E-state index contributed by atoms with van der Waals surface area (Å²) < 4.78 is 0. The summed E-state index contributed by atoms with van der Waals surface area (Å²) in [5.74, 6) is 1.16. The van der Waals surface area contributed by atoms with Crippen LogP contribution in [0.3, 0.4) is 0 Å². The fourth-order valence-corrected chi connectivity index (χ4v) is 5.79. The van der Waals surface area contributed by atoms with E-state index in [1.54, 1.807) is 0 Å². The summed E-state index contributed by atoms with van der Waals surface area (Å²) in [6.45, 7) is 22.5. The average molecular weight is 623 g/mol. The number of aliphatic imine (C=N–C) groups is 1. The Kier molecular flexibility index (Phi) is 19.1. The van der Waals surface area contributed by atoms with Crippen LogP contribution in [0.5, 0.6) is 0 Å². The Morgan fingerprint density at radius 3 is 1.98 bits per heavy atom. The molecule has 0 radical (unpaired) electrons. The molecule has 0 spiro atoms. The number of aryl methyl sites for hydroxylation is 1. The molecule has 250 valence electrons. The topological polar surface area (TPSA) is 30.9 Å². The maximum Gasteiger partial charge on any atom is 0.0822 e. The van der Waals surface area contributed by atoms with Crippen molar-refractivity contribution in [2.24, 2.45) is 4.99 Å². The van der Waals surface area contributed by atoms with Gasteiger partial charge in [0.05, 0.1) is 6.34 Å². The van der Waals surface area contributed by atoms with Gasteiger partial charge in [0.25, 0.3) is 0 Å². The molecule has 0 aliphatic heterocycles. The fraction of sp³-hybridized carbons (Fsp3) is 0.452. The Morgan fingerprint density at radius 1 is 0.891 bits per heavy atom. The molecule has 1 atom stereocenters. The van der Waals surface area contributed by atoms with Gasteiger partial charge in [-0.15, -0.1) is 0 Å². The van der Waals surface area contributed by atoms with E-state index in [9.17, 15) is 0 Å². The Bertz CT molecular complexity index is 1190. The van der Waals surface area contributed by atoms with Crippen molar-refractivity contribution < 1.29 is 0 Å². The van der Waals surface area contributed by atoms with Crippen molar-refractivity contribution in [3.05, 3.63) is 132 Å². The van der Waals surface area contributed by atoms with Gasteiger partial charge in [-0.3, -0.25) is 9.89 Å². The molecular formula is C42H62N4. The Morgan fingerprint density at radius 2 is 1.48 bits per heavy atom. The Balaban J connectivity index is 0.00000177. The van der Waals surface area contributed by atoms with Crippen LogP contribution in [0.25, 0.3) is 0 Å². The highest BCUT2D eigenvalue weighted by Crippen LogP contribution is 2.40. The van der Waals surface area contributed by atoms with Crippen LogP contribution < -0.4 is 5.32 Å². The van der Waals surface area contributed by atoms with Gasteiger partial charge < -0.3 is 10.2 Å². The summed E-state index contributed by atoms with van der Waals surface area (Å²) in [5, 5.41) is 3.49. The van der Waals surface area contributed by atoms with E-state index in [1.807, 2.05) is 47.3 Å². The minimum Gasteiger partial charge on any atom is -0.372 e. The second-order valence-corrected chi connectivity index (χ2v) is 11.6. The van der Waals surface area contributed by atoms with Crippen LogP contribution in [-0.2, 0) is 6.42 Å². The summed E-state index contributed by atoms with van der Waals surface area (Å²) in [6.07, 6.45) is 10.7. The average Bonchev–Trinajstić information content (AvgIpc) is 3.97. The lowest BCUT2D eigenvalue weighted by molar-refractivity contribution is 0.242. The van der Waals surface area contributed by atoms with E-state index in [4.69, 9.17) is 0 Å². The zero-order chi connectivity index (χ0) is 33.6. The maximum atomic E-state index is 4.53. The molecule has 1 saturated carbocycles. The van der Waals surface area contributed by atoms with Crippen LogP contribution in [-0.4, -0.2) is 55.4 Å². The third kappa shape index (κ3) is 13.4. The van der Waals surface area contributed by atoms with Crippen molar-refractivity contribution in [2.75, 3.05) is 33.2 Å². The third-order valence-corrected chi connectivity index (χ3v) is 8.47. The number of nitrogens with zero attached hydrogens (tertiary/aromatic N) is 3. The van der Waals surface area contributed by atoms with Gasteiger partial charge in [-0.2, -0.15) is 0 Å². The zero-order valence-electron chi connectivity index (χ0n) is 29.8. The smallest absolute Gasteiger partial charge is 0.0822 e. The molecule has 1 aliphatic rings. The highest BCUT2D eigenvalue weighted by atomic mass is 15.2. The molecule has 4 nitrogen and oxygen atoms in total. The van der Waals surface area contributed by atoms with Crippen molar-refractivity contribution in [3.63, 3.8) is 0 Å². The van der Waals surface area contributed by atoms with Crippen molar-refractivity contribution >= 4 is 6.34 Å². The number of hydrogen-bond donors (Lipinski definition) is 1. The van der Waals surface area contributed by atoms with Gasteiger partial charge in [0.2, 0.25) is 0 Å². The fourth-order valence-electron chi connectivity index (χ4n) is 5.79. The van der Waals surface area contributed by atoms with Crippen LogP contribution >= 0.6 is 0 Å². The molecule has 0 bridgehead atoms. The van der Waals surface area contributed by atoms with Crippen molar-refractivity contribution in [3.8, 4) is 0 Å². The Labute approximate surface area is 282 Å². The third-order valence-electron chi connectivity index (χ3n) is 8.47. The predicted octanol–water partition coefficient (Wildman–Crippen LogP) is 10.1. The molecule has 46 heavy (non-hydrogen) atoms. The molecular weight excluding hydrogens is 560 g/mol. The molecule has 0 saturated heterocycles. The number of hydrogen-bond acceptors (Lipinski definition) is 3. The van der Waals surface area contributed by atoms with Crippen molar-refractivity contribution in [1.29, 1.82) is 0 Å². The Hall–Kier alpha value is -3.63. The predicted molar refractivity (Wildman–Crippen MR) is 203 cm³/mol. The first-order valence-corrected chi connectivity index (χ1v) is 17.8. The molecule has 4 rings (SSSR count). The molecule has 4 heteroatoms. The van der Waals surface area contributed by atoms with Crippen LogP contribution in [0, 0.1) is 0 Å². The second-order valence-electron chi connectivity index (χ2n) is 11.6. The van der Waals surface area contributed by atoms with E-state index in [1.165, 1.54) is 35.1 Å². The standard InChI is InChI=1S/C38H50N4.2C2H6/c1-5-37(40-30-39-4)29-41(27-25-38(35-15-9-7-10-16-35)36-17-11-8-12-18-36)28-31(3)42(6-2)26-13-14-32-19-21-33(22-20-32)34-23-24-34;2*1-2/h6-12,15-22,30,34,37-38H,2-3,5,13-14,23-29H2,1,4H3,(H,39,40);2*1-2H3. The largest absolute Gasteiger partial charge is 0.372 e. The van der Waals surface area contributed by atoms with E-state index in [0.29, 0.717) is 12.0 Å². The van der Waals surface area contributed by atoms with Crippen molar-refractivity contribution in [1.82, 2.24) is 15.1 Å². The van der Waals surface area contributed by atoms with Crippen LogP contribution in [0.15, 0.2) is 115 Å². The van der Waals surface area contributed by atoms with Crippen LogP contribution in [0.1, 0.15) is 101 Å². The monoisotopic (exact) mass is 622 g/mol. The van der Waals surface area contributed by atoms with E-state index < -0.39 is 0 Å². The van der Waals surface area contributed by atoms with Gasteiger partial charge in [0.1, 0.15) is 0 Å². The van der Waals surface area contributed by atoms with Gasteiger partial charge in [-0.1, -0.05) is 133 Å². The lowest BCUT2D eigenvalue weighted by atomic mass is 9.88. The highest BCUT2D eigenvalue weighted by molar-refractivity contribution is 5.54.